The monoisotopic (exact) mass is 307 g/mol. The first-order valence-electron chi connectivity index (χ1n) is 6.97. The molecule has 0 aromatic heterocycles. The Morgan fingerprint density at radius 1 is 1.09 bits per heavy atom. The van der Waals surface area contributed by atoms with Gasteiger partial charge in [0.25, 0.3) is 11.6 Å². The maximum Gasteiger partial charge on any atom is 0.280 e. The first-order valence-corrected chi connectivity index (χ1v) is 6.97. The van der Waals surface area contributed by atoms with E-state index >= 15 is 0 Å². The van der Waals surface area contributed by atoms with Crippen molar-refractivity contribution < 1.29 is 9.72 Å². The van der Waals surface area contributed by atoms with Crippen molar-refractivity contribution in [2.45, 2.75) is 6.92 Å². The predicted molar refractivity (Wildman–Crippen MR) is 88.1 cm³/mol. The summed E-state index contributed by atoms with van der Waals surface area (Å²) in [5, 5.41) is 16.3. The summed E-state index contributed by atoms with van der Waals surface area (Å²) in [6.45, 7) is 1.76. The lowest BCUT2D eigenvalue weighted by Crippen LogP contribution is -2.21. The molecule has 1 aliphatic heterocycles. The molecule has 1 aliphatic rings. The number of benzene rings is 2. The number of amides is 1. The van der Waals surface area contributed by atoms with Crippen molar-refractivity contribution in [3.05, 3.63) is 75.8 Å². The van der Waals surface area contributed by atoms with Gasteiger partial charge in [0, 0.05) is 12.1 Å². The highest BCUT2D eigenvalue weighted by Gasteiger charge is 2.28. The second kappa shape index (κ2) is 5.84. The number of nitro groups is 1. The fraction of sp³-hybridized carbons (Fsp3) is 0.0588. The summed E-state index contributed by atoms with van der Waals surface area (Å²) in [7, 11) is 0. The largest absolute Gasteiger partial charge is 0.280 e. The van der Waals surface area contributed by atoms with Crippen LogP contribution >= 0.6 is 0 Å². The van der Waals surface area contributed by atoms with E-state index in [1.807, 2.05) is 30.3 Å². The average Bonchev–Trinajstić information content (AvgIpc) is 2.84. The van der Waals surface area contributed by atoms with Crippen LogP contribution in [0.25, 0.3) is 6.08 Å². The van der Waals surface area contributed by atoms with Crippen molar-refractivity contribution in [3.8, 4) is 0 Å². The van der Waals surface area contributed by atoms with Crippen LogP contribution in [0.15, 0.2) is 65.3 Å². The van der Waals surface area contributed by atoms with Gasteiger partial charge < -0.3 is 0 Å². The SMILES string of the molecule is CC1=NN(c2ccccc2)C(=O)/C1=C\c1ccc([N+](=O)[O-])cc1. The van der Waals surface area contributed by atoms with Gasteiger partial charge in [-0.05, 0) is 42.8 Å². The Morgan fingerprint density at radius 2 is 1.74 bits per heavy atom. The molecule has 6 heteroatoms. The van der Waals surface area contributed by atoms with Crippen molar-refractivity contribution in [3.63, 3.8) is 0 Å². The van der Waals surface area contributed by atoms with Gasteiger partial charge in [-0.1, -0.05) is 18.2 Å². The van der Waals surface area contributed by atoms with Gasteiger partial charge in [-0.3, -0.25) is 14.9 Å². The third-order valence-corrected chi connectivity index (χ3v) is 3.48. The lowest BCUT2D eigenvalue weighted by atomic mass is 10.1. The van der Waals surface area contributed by atoms with E-state index in [2.05, 4.69) is 5.10 Å². The van der Waals surface area contributed by atoms with Crippen LogP contribution in [-0.2, 0) is 4.79 Å². The fourth-order valence-corrected chi connectivity index (χ4v) is 2.29. The Balaban J connectivity index is 1.90. The van der Waals surface area contributed by atoms with E-state index in [0.717, 1.165) is 0 Å². The zero-order valence-electron chi connectivity index (χ0n) is 12.3. The molecule has 0 saturated heterocycles. The average molecular weight is 307 g/mol. The molecule has 3 rings (SSSR count). The minimum absolute atomic E-state index is 0.0150. The number of carbonyl (C=O) groups excluding carboxylic acids is 1. The fourth-order valence-electron chi connectivity index (χ4n) is 2.29. The summed E-state index contributed by atoms with van der Waals surface area (Å²) in [4.78, 5) is 22.7. The van der Waals surface area contributed by atoms with Gasteiger partial charge >= 0.3 is 0 Å². The summed E-state index contributed by atoms with van der Waals surface area (Å²) in [5.41, 5.74) is 2.51. The zero-order chi connectivity index (χ0) is 16.4. The number of carbonyl (C=O) groups is 1. The Bertz CT molecular complexity index is 824. The maximum absolute atomic E-state index is 12.5. The van der Waals surface area contributed by atoms with Crippen LogP contribution < -0.4 is 5.01 Å². The lowest BCUT2D eigenvalue weighted by molar-refractivity contribution is -0.384. The quantitative estimate of drug-likeness (QED) is 0.495. The van der Waals surface area contributed by atoms with E-state index in [0.29, 0.717) is 22.5 Å². The second-order valence-electron chi connectivity index (χ2n) is 5.04. The summed E-state index contributed by atoms with van der Waals surface area (Å²) in [6.07, 6.45) is 1.69. The zero-order valence-corrected chi connectivity index (χ0v) is 12.3. The number of anilines is 1. The Hall–Kier alpha value is -3.28. The van der Waals surface area contributed by atoms with Crippen LogP contribution in [0.2, 0.25) is 0 Å². The molecule has 1 amide bonds. The van der Waals surface area contributed by atoms with E-state index in [1.165, 1.54) is 17.1 Å². The number of nitro benzene ring substituents is 1. The van der Waals surface area contributed by atoms with Crippen LogP contribution in [0.4, 0.5) is 11.4 Å². The molecule has 6 nitrogen and oxygen atoms in total. The van der Waals surface area contributed by atoms with Crippen LogP contribution in [0, 0.1) is 10.1 Å². The number of hydrogen-bond donors (Lipinski definition) is 0. The Morgan fingerprint density at radius 3 is 2.35 bits per heavy atom. The van der Waals surface area contributed by atoms with Crippen molar-refractivity contribution in [2.75, 3.05) is 5.01 Å². The third-order valence-electron chi connectivity index (χ3n) is 3.48. The molecule has 0 aliphatic carbocycles. The molecule has 23 heavy (non-hydrogen) atoms. The molecule has 2 aromatic carbocycles. The van der Waals surface area contributed by atoms with E-state index in [4.69, 9.17) is 0 Å². The molecule has 2 aromatic rings. The van der Waals surface area contributed by atoms with Gasteiger partial charge in [-0.2, -0.15) is 10.1 Å². The number of nitrogens with zero attached hydrogens (tertiary/aromatic N) is 3. The van der Waals surface area contributed by atoms with E-state index in [1.54, 1.807) is 25.1 Å². The molecule has 0 radical (unpaired) electrons. The highest BCUT2D eigenvalue weighted by atomic mass is 16.6. The van der Waals surface area contributed by atoms with Gasteiger partial charge in [0.2, 0.25) is 0 Å². The molecule has 114 valence electrons. The molecule has 0 bridgehead atoms. The predicted octanol–water partition coefficient (Wildman–Crippen LogP) is 3.40. The van der Waals surface area contributed by atoms with E-state index in [9.17, 15) is 14.9 Å². The maximum atomic E-state index is 12.5. The normalized spacial score (nSPS) is 15.9. The van der Waals surface area contributed by atoms with E-state index < -0.39 is 4.92 Å². The van der Waals surface area contributed by atoms with Crippen LogP contribution in [0.5, 0.6) is 0 Å². The molecular weight excluding hydrogens is 294 g/mol. The van der Waals surface area contributed by atoms with Gasteiger partial charge in [-0.15, -0.1) is 0 Å². The topological polar surface area (TPSA) is 75.8 Å². The van der Waals surface area contributed by atoms with Crippen molar-refractivity contribution in [1.82, 2.24) is 0 Å². The number of para-hydroxylation sites is 1. The molecule has 0 fully saturated rings. The molecule has 0 saturated carbocycles. The second-order valence-corrected chi connectivity index (χ2v) is 5.04. The highest BCUT2D eigenvalue weighted by Crippen LogP contribution is 2.25. The van der Waals surface area contributed by atoms with E-state index in [-0.39, 0.29) is 11.6 Å². The smallest absolute Gasteiger partial charge is 0.267 e. The van der Waals surface area contributed by atoms with Gasteiger partial charge in [0.15, 0.2) is 0 Å². The number of rotatable bonds is 3. The van der Waals surface area contributed by atoms with Gasteiger partial charge in [-0.25, -0.2) is 0 Å². The number of hydrazone groups is 1. The number of hydrogen-bond acceptors (Lipinski definition) is 4. The van der Waals surface area contributed by atoms with Crippen LogP contribution in [0.1, 0.15) is 12.5 Å². The first kappa shape index (κ1) is 14.6. The first-order chi connectivity index (χ1) is 11.1. The summed E-state index contributed by atoms with van der Waals surface area (Å²) in [5.74, 6) is -0.216. The highest BCUT2D eigenvalue weighted by molar-refractivity contribution is 6.32. The molecule has 1 heterocycles. The molecule has 0 atom stereocenters. The molecule has 0 unspecified atom stereocenters. The van der Waals surface area contributed by atoms with Crippen LogP contribution in [0.3, 0.4) is 0 Å². The molecular formula is C17H13N3O3. The van der Waals surface area contributed by atoms with Crippen molar-refractivity contribution in [2.24, 2.45) is 5.10 Å². The van der Waals surface area contributed by atoms with Crippen LogP contribution in [-0.4, -0.2) is 16.5 Å². The molecule has 0 spiro atoms. The van der Waals surface area contributed by atoms with Gasteiger partial charge in [0.05, 0.1) is 21.9 Å². The third kappa shape index (κ3) is 2.87. The Labute approximate surface area is 132 Å². The summed E-state index contributed by atoms with van der Waals surface area (Å²) >= 11 is 0. The summed E-state index contributed by atoms with van der Waals surface area (Å²) < 4.78 is 0. The van der Waals surface area contributed by atoms with Crippen molar-refractivity contribution >= 4 is 29.1 Å². The molecule has 0 N–H and O–H groups in total. The standard InChI is InChI=1S/C17H13N3O3/c1-12-16(11-13-7-9-15(10-8-13)20(22)23)17(21)19(18-12)14-5-3-2-4-6-14/h2-11H,1H3/b16-11-. The Kier molecular flexibility index (Phi) is 3.72. The number of non-ortho nitro benzene ring substituents is 1. The van der Waals surface area contributed by atoms with Crippen molar-refractivity contribution in [1.29, 1.82) is 0 Å². The minimum Gasteiger partial charge on any atom is -0.267 e. The lowest BCUT2D eigenvalue weighted by Gasteiger charge is -2.10. The summed E-state index contributed by atoms with van der Waals surface area (Å²) in [6, 6.07) is 15.2. The van der Waals surface area contributed by atoms with Gasteiger partial charge in [0.1, 0.15) is 0 Å². The minimum atomic E-state index is -0.457.